The number of carboxylic acid groups (broad SMARTS) is 1. The average Bonchev–Trinajstić information content (AvgIpc) is 2.29. The minimum absolute atomic E-state index is 0.142. The largest absolute Gasteiger partial charge is 0.478 e. The average molecular weight is 234 g/mol. The maximum atomic E-state index is 10.9. The van der Waals surface area contributed by atoms with E-state index in [2.05, 4.69) is 17.2 Å². The summed E-state index contributed by atoms with van der Waals surface area (Å²) < 4.78 is 0. The summed E-state index contributed by atoms with van der Waals surface area (Å²) in [7, 11) is 0. The fourth-order valence-electron chi connectivity index (χ4n) is 1.20. The van der Waals surface area contributed by atoms with Crippen LogP contribution in [0.3, 0.4) is 0 Å². The first kappa shape index (κ1) is 12.5. The summed E-state index contributed by atoms with van der Waals surface area (Å²) in [6.45, 7) is 1.95. The molecule has 0 unspecified atom stereocenters. The Hall–Kier alpha value is -2.55. The molecule has 0 heterocycles. The van der Waals surface area contributed by atoms with Gasteiger partial charge in [-0.2, -0.15) is 0 Å². The van der Waals surface area contributed by atoms with Crippen LogP contribution in [-0.2, 0) is 0 Å². The van der Waals surface area contributed by atoms with E-state index in [9.17, 15) is 14.9 Å². The molecule has 0 bridgehead atoms. The highest BCUT2D eigenvalue weighted by atomic mass is 16.6. The van der Waals surface area contributed by atoms with Crippen LogP contribution < -0.4 is 5.32 Å². The molecule has 0 spiro atoms. The van der Waals surface area contributed by atoms with Crippen molar-refractivity contribution in [1.82, 2.24) is 0 Å². The number of nitrogens with zero attached hydrogens (tertiary/aromatic N) is 1. The topological polar surface area (TPSA) is 92.5 Å². The lowest BCUT2D eigenvalue weighted by molar-refractivity contribution is -0.384. The van der Waals surface area contributed by atoms with E-state index in [0.717, 1.165) is 6.07 Å². The molecule has 0 fully saturated rings. The summed E-state index contributed by atoms with van der Waals surface area (Å²) in [6.07, 6.45) is 0. The Morgan fingerprint density at radius 3 is 2.82 bits per heavy atom. The van der Waals surface area contributed by atoms with E-state index in [-0.39, 0.29) is 17.8 Å². The lowest BCUT2D eigenvalue weighted by atomic mass is 10.1. The van der Waals surface area contributed by atoms with Gasteiger partial charge < -0.3 is 10.4 Å². The van der Waals surface area contributed by atoms with E-state index in [0.29, 0.717) is 5.69 Å². The number of nitro benzene ring substituents is 1. The highest BCUT2D eigenvalue weighted by molar-refractivity contribution is 5.95. The van der Waals surface area contributed by atoms with Crippen molar-refractivity contribution in [2.24, 2.45) is 0 Å². The van der Waals surface area contributed by atoms with Gasteiger partial charge in [-0.1, -0.05) is 5.92 Å². The molecular formula is C11H10N2O4. The number of anilines is 1. The van der Waals surface area contributed by atoms with Crippen molar-refractivity contribution in [1.29, 1.82) is 0 Å². The van der Waals surface area contributed by atoms with Crippen LogP contribution in [-0.4, -0.2) is 22.5 Å². The molecule has 2 N–H and O–H groups in total. The molecule has 0 aromatic heterocycles. The highest BCUT2D eigenvalue weighted by Gasteiger charge is 2.15. The van der Waals surface area contributed by atoms with E-state index in [1.807, 2.05) is 0 Å². The molecule has 6 nitrogen and oxygen atoms in total. The van der Waals surface area contributed by atoms with Gasteiger partial charge in [-0.3, -0.25) is 10.1 Å². The van der Waals surface area contributed by atoms with E-state index >= 15 is 0 Å². The third-order valence-electron chi connectivity index (χ3n) is 1.99. The van der Waals surface area contributed by atoms with Crippen molar-refractivity contribution in [3.8, 4) is 11.8 Å². The van der Waals surface area contributed by atoms with E-state index < -0.39 is 10.9 Å². The molecule has 6 heteroatoms. The van der Waals surface area contributed by atoms with Gasteiger partial charge in [-0.05, 0) is 13.0 Å². The molecule has 0 aliphatic carbocycles. The number of non-ortho nitro benzene ring substituents is 1. The maximum absolute atomic E-state index is 10.9. The Balaban J connectivity index is 3.07. The molecule has 0 amide bonds. The number of nitrogens with one attached hydrogen (secondary N) is 1. The van der Waals surface area contributed by atoms with E-state index in [1.54, 1.807) is 6.92 Å². The van der Waals surface area contributed by atoms with Gasteiger partial charge in [-0.25, -0.2) is 4.79 Å². The monoisotopic (exact) mass is 234 g/mol. The number of hydrogen-bond donors (Lipinski definition) is 2. The lowest BCUT2D eigenvalue weighted by Crippen LogP contribution is -2.07. The fraction of sp³-hybridized carbons (Fsp3) is 0.182. The van der Waals surface area contributed by atoms with Gasteiger partial charge >= 0.3 is 5.97 Å². The van der Waals surface area contributed by atoms with Crippen LogP contribution in [0.2, 0.25) is 0 Å². The summed E-state index contributed by atoms with van der Waals surface area (Å²) in [5.74, 6) is 4.14. The molecule has 0 aliphatic rings. The number of nitro groups is 1. The van der Waals surface area contributed by atoms with E-state index in [1.165, 1.54) is 12.1 Å². The van der Waals surface area contributed by atoms with Crippen LogP contribution in [0.25, 0.3) is 0 Å². The Bertz CT molecular complexity index is 514. The van der Waals surface area contributed by atoms with Gasteiger partial charge in [0.2, 0.25) is 0 Å². The number of carbonyl (C=O) groups is 1. The predicted octanol–water partition coefficient (Wildman–Crippen LogP) is 1.73. The van der Waals surface area contributed by atoms with Gasteiger partial charge in [0.1, 0.15) is 0 Å². The first-order chi connectivity index (χ1) is 8.06. The number of rotatable bonds is 4. The standard InChI is InChI=1S/C11H10N2O4/c1-2-3-6-12-10-5-4-8(13(16)17)7-9(10)11(14)15/h4-5,7,12H,6H2,1H3,(H,14,15). The molecule has 17 heavy (non-hydrogen) atoms. The zero-order valence-electron chi connectivity index (χ0n) is 9.06. The zero-order valence-corrected chi connectivity index (χ0v) is 9.06. The third kappa shape index (κ3) is 3.21. The van der Waals surface area contributed by atoms with Gasteiger partial charge in [0.05, 0.1) is 17.0 Å². The Kier molecular flexibility index (Phi) is 4.06. The molecule has 0 atom stereocenters. The second-order valence-electron chi connectivity index (χ2n) is 3.07. The summed E-state index contributed by atoms with van der Waals surface area (Å²) in [5, 5.41) is 22.2. The molecule has 1 rings (SSSR count). The van der Waals surface area contributed by atoms with E-state index in [4.69, 9.17) is 5.11 Å². The second kappa shape index (κ2) is 5.51. The van der Waals surface area contributed by atoms with Gasteiger partial charge in [0.15, 0.2) is 0 Å². The van der Waals surface area contributed by atoms with Crippen LogP contribution in [0, 0.1) is 22.0 Å². The predicted molar refractivity (Wildman–Crippen MR) is 62.0 cm³/mol. The van der Waals surface area contributed by atoms with Crippen molar-refractivity contribution >= 4 is 17.3 Å². The maximum Gasteiger partial charge on any atom is 0.338 e. The fourth-order valence-corrected chi connectivity index (χ4v) is 1.20. The van der Waals surface area contributed by atoms with Crippen molar-refractivity contribution < 1.29 is 14.8 Å². The number of aromatic carboxylic acids is 1. The van der Waals surface area contributed by atoms with Crippen LogP contribution in [0.5, 0.6) is 0 Å². The summed E-state index contributed by atoms with van der Waals surface area (Å²) >= 11 is 0. The molecular weight excluding hydrogens is 224 g/mol. The molecule has 1 aromatic carbocycles. The number of benzene rings is 1. The summed E-state index contributed by atoms with van der Waals surface area (Å²) in [6, 6.07) is 3.62. The first-order valence-electron chi connectivity index (χ1n) is 4.71. The second-order valence-corrected chi connectivity index (χ2v) is 3.07. The smallest absolute Gasteiger partial charge is 0.338 e. The number of carboxylic acids is 1. The van der Waals surface area contributed by atoms with Crippen molar-refractivity contribution in [3.63, 3.8) is 0 Å². The molecule has 1 aromatic rings. The number of hydrogen-bond acceptors (Lipinski definition) is 4. The van der Waals surface area contributed by atoms with Crippen LogP contribution in [0.15, 0.2) is 18.2 Å². The minimum atomic E-state index is -1.22. The molecule has 0 saturated carbocycles. The normalized spacial score (nSPS) is 9.00. The minimum Gasteiger partial charge on any atom is -0.478 e. The summed E-state index contributed by atoms with van der Waals surface area (Å²) in [5.41, 5.74) is -0.0857. The molecule has 88 valence electrons. The highest BCUT2D eigenvalue weighted by Crippen LogP contribution is 2.21. The van der Waals surface area contributed by atoms with Crippen molar-refractivity contribution in [3.05, 3.63) is 33.9 Å². The summed E-state index contributed by atoms with van der Waals surface area (Å²) in [4.78, 5) is 20.8. The third-order valence-corrected chi connectivity index (χ3v) is 1.99. The zero-order chi connectivity index (χ0) is 12.8. The van der Waals surface area contributed by atoms with Gasteiger partial charge in [0, 0.05) is 17.8 Å². The Morgan fingerprint density at radius 1 is 1.59 bits per heavy atom. The molecule has 0 saturated heterocycles. The lowest BCUT2D eigenvalue weighted by Gasteiger charge is -2.06. The SMILES string of the molecule is CC#CCNc1ccc([N+](=O)[O-])cc1C(=O)O. The first-order valence-corrected chi connectivity index (χ1v) is 4.71. The Labute approximate surface area is 97.4 Å². The van der Waals surface area contributed by atoms with Crippen molar-refractivity contribution in [2.45, 2.75) is 6.92 Å². The van der Waals surface area contributed by atoms with Crippen LogP contribution in [0.4, 0.5) is 11.4 Å². The molecule has 0 radical (unpaired) electrons. The van der Waals surface area contributed by atoms with Crippen molar-refractivity contribution in [2.75, 3.05) is 11.9 Å². The van der Waals surface area contributed by atoms with Gasteiger partial charge in [-0.15, -0.1) is 5.92 Å². The molecule has 0 aliphatic heterocycles. The van der Waals surface area contributed by atoms with Crippen LogP contribution >= 0.6 is 0 Å². The Morgan fingerprint density at radius 2 is 2.29 bits per heavy atom. The quantitative estimate of drug-likeness (QED) is 0.470. The van der Waals surface area contributed by atoms with Crippen LogP contribution in [0.1, 0.15) is 17.3 Å². The van der Waals surface area contributed by atoms with Gasteiger partial charge in [0.25, 0.3) is 5.69 Å².